The molecule has 8 heteroatoms. The average molecular weight is 496 g/mol. The number of ether oxygens (including phenoxy) is 1. The average Bonchev–Trinajstić information content (AvgIpc) is 3.61. The molecular weight excluding hydrogens is 474 g/mol. The molecule has 0 fully saturated rings. The normalized spacial score (nSPS) is 11.3. The van der Waals surface area contributed by atoms with Crippen molar-refractivity contribution in [3.8, 4) is 39.7 Å². The van der Waals surface area contributed by atoms with Crippen LogP contribution in [0.2, 0.25) is 0 Å². The molecule has 0 saturated carbocycles. The summed E-state index contributed by atoms with van der Waals surface area (Å²) < 4.78 is 6.00. The molecule has 0 radical (unpaired) electrons. The molecule has 2 N–H and O–H groups in total. The van der Waals surface area contributed by atoms with E-state index in [1.54, 1.807) is 24.8 Å². The Balaban J connectivity index is 1.24. The standard InChI is InChI=1S/C30H21N7O/c1-2-4-19(5-3-1)18-38-23-14-22(16-32-17-23)21-6-7-25-24(15-21)28(37-36-25)30-34-26-10-13-33-27(29(26)35-30)20-8-11-31-12-9-20/h1-17H,18H2,(H,34,35)(H,36,37). The molecule has 8 nitrogen and oxygen atoms in total. The summed E-state index contributed by atoms with van der Waals surface area (Å²) in [5.41, 5.74) is 8.16. The van der Waals surface area contributed by atoms with Crippen LogP contribution in [0.4, 0.5) is 0 Å². The fourth-order valence-electron chi connectivity index (χ4n) is 4.54. The highest BCUT2D eigenvalue weighted by Gasteiger charge is 2.16. The van der Waals surface area contributed by atoms with Crippen LogP contribution in [0.5, 0.6) is 5.75 Å². The summed E-state index contributed by atoms with van der Waals surface area (Å²) in [5, 5.41) is 8.67. The van der Waals surface area contributed by atoms with Gasteiger partial charge in [-0.25, -0.2) is 4.98 Å². The Morgan fingerprint density at radius 2 is 1.61 bits per heavy atom. The SMILES string of the molecule is c1ccc(COc2cncc(-c3ccc4[nH]nc(-c5nc6c(-c7ccncc7)nccc6[nH]5)c4c3)c2)cc1. The third-order valence-corrected chi connectivity index (χ3v) is 6.44. The molecule has 7 rings (SSSR count). The highest BCUT2D eigenvalue weighted by Crippen LogP contribution is 2.32. The first-order valence-electron chi connectivity index (χ1n) is 12.2. The number of imidazole rings is 1. The lowest BCUT2D eigenvalue weighted by molar-refractivity contribution is 0.305. The molecule has 5 aromatic heterocycles. The van der Waals surface area contributed by atoms with Crippen molar-refractivity contribution in [2.24, 2.45) is 0 Å². The van der Waals surface area contributed by atoms with E-state index in [9.17, 15) is 0 Å². The minimum Gasteiger partial charge on any atom is -0.487 e. The second-order valence-corrected chi connectivity index (χ2v) is 8.89. The molecule has 0 aliphatic heterocycles. The van der Waals surface area contributed by atoms with Crippen LogP contribution in [-0.2, 0) is 6.61 Å². The maximum atomic E-state index is 6.00. The molecule has 38 heavy (non-hydrogen) atoms. The van der Waals surface area contributed by atoms with Gasteiger partial charge in [-0.2, -0.15) is 5.10 Å². The first-order valence-corrected chi connectivity index (χ1v) is 12.2. The number of H-pyrrole nitrogens is 2. The second-order valence-electron chi connectivity index (χ2n) is 8.89. The molecule has 2 aromatic carbocycles. The Morgan fingerprint density at radius 3 is 2.50 bits per heavy atom. The molecule has 0 aliphatic rings. The quantitative estimate of drug-likeness (QED) is 0.284. The summed E-state index contributed by atoms with van der Waals surface area (Å²) >= 11 is 0. The first kappa shape index (κ1) is 21.9. The van der Waals surface area contributed by atoms with E-state index in [1.807, 2.05) is 72.9 Å². The molecule has 0 spiro atoms. The minimum absolute atomic E-state index is 0.485. The lowest BCUT2D eigenvalue weighted by Crippen LogP contribution is -1.95. The molecule has 0 atom stereocenters. The van der Waals surface area contributed by atoms with Gasteiger partial charge in [-0.05, 0) is 47.5 Å². The van der Waals surface area contributed by atoms with E-state index in [4.69, 9.17) is 9.72 Å². The van der Waals surface area contributed by atoms with Crippen LogP contribution in [0, 0.1) is 0 Å². The highest BCUT2D eigenvalue weighted by atomic mass is 16.5. The van der Waals surface area contributed by atoms with Gasteiger partial charge in [-0.1, -0.05) is 36.4 Å². The summed E-state index contributed by atoms with van der Waals surface area (Å²) in [5.74, 6) is 1.39. The van der Waals surface area contributed by atoms with Crippen LogP contribution < -0.4 is 4.74 Å². The van der Waals surface area contributed by atoms with Gasteiger partial charge in [0.25, 0.3) is 0 Å². The van der Waals surface area contributed by atoms with Gasteiger partial charge in [0.2, 0.25) is 0 Å². The number of rotatable bonds is 6. The maximum Gasteiger partial charge on any atom is 0.159 e. The van der Waals surface area contributed by atoms with E-state index >= 15 is 0 Å². The summed E-state index contributed by atoms with van der Waals surface area (Å²) in [6.45, 7) is 0.485. The molecule has 0 saturated heterocycles. The highest BCUT2D eigenvalue weighted by molar-refractivity contribution is 5.97. The monoisotopic (exact) mass is 495 g/mol. The molecule has 5 heterocycles. The number of aromatic nitrogens is 7. The van der Waals surface area contributed by atoms with E-state index in [-0.39, 0.29) is 0 Å². The molecular formula is C30H21N7O. The van der Waals surface area contributed by atoms with E-state index < -0.39 is 0 Å². The van der Waals surface area contributed by atoms with Crippen molar-refractivity contribution in [3.05, 3.63) is 109 Å². The fraction of sp³-hybridized carbons (Fsp3) is 0.0333. The van der Waals surface area contributed by atoms with Crippen LogP contribution in [0.15, 0.2) is 104 Å². The van der Waals surface area contributed by atoms with E-state index in [0.717, 1.165) is 55.6 Å². The third kappa shape index (κ3) is 4.04. The summed E-state index contributed by atoms with van der Waals surface area (Å²) in [6.07, 6.45) is 8.85. The van der Waals surface area contributed by atoms with Crippen molar-refractivity contribution < 1.29 is 4.74 Å². The number of nitrogens with one attached hydrogen (secondary N) is 2. The number of pyridine rings is 3. The van der Waals surface area contributed by atoms with Crippen molar-refractivity contribution in [2.45, 2.75) is 6.61 Å². The van der Waals surface area contributed by atoms with Crippen LogP contribution in [0.25, 0.3) is 55.8 Å². The van der Waals surface area contributed by atoms with Gasteiger partial charge in [0.1, 0.15) is 23.6 Å². The van der Waals surface area contributed by atoms with Gasteiger partial charge < -0.3 is 9.72 Å². The van der Waals surface area contributed by atoms with Crippen LogP contribution in [0.1, 0.15) is 5.56 Å². The molecule has 0 unspecified atom stereocenters. The molecule has 7 aromatic rings. The Morgan fingerprint density at radius 1 is 0.711 bits per heavy atom. The van der Waals surface area contributed by atoms with E-state index in [1.165, 1.54) is 0 Å². The number of nitrogens with zero attached hydrogens (tertiary/aromatic N) is 5. The minimum atomic E-state index is 0.485. The number of benzene rings is 2. The Kier molecular flexibility index (Phi) is 5.33. The summed E-state index contributed by atoms with van der Waals surface area (Å²) in [4.78, 5) is 21.4. The zero-order valence-corrected chi connectivity index (χ0v) is 20.2. The van der Waals surface area contributed by atoms with E-state index in [0.29, 0.717) is 18.2 Å². The Hall–Kier alpha value is -5.37. The molecule has 182 valence electrons. The van der Waals surface area contributed by atoms with Crippen molar-refractivity contribution in [1.29, 1.82) is 0 Å². The van der Waals surface area contributed by atoms with Gasteiger partial charge in [-0.15, -0.1) is 0 Å². The van der Waals surface area contributed by atoms with Crippen LogP contribution in [0.3, 0.4) is 0 Å². The van der Waals surface area contributed by atoms with Crippen molar-refractivity contribution in [3.63, 3.8) is 0 Å². The smallest absolute Gasteiger partial charge is 0.159 e. The van der Waals surface area contributed by atoms with Gasteiger partial charge in [0.05, 0.1) is 22.9 Å². The topological polar surface area (TPSA) is 105 Å². The van der Waals surface area contributed by atoms with Crippen molar-refractivity contribution in [2.75, 3.05) is 0 Å². The van der Waals surface area contributed by atoms with E-state index in [2.05, 4.69) is 36.2 Å². The summed E-state index contributed by atoms with van der Waals surface area (Å²) in [7, 11) is 0. The number of fused-ring (bicyclic) bond motifs is 2. The first-order chi connectivity index (χ1) is 18.8. The fourth-order valence-corrected chi connectivity index (χ4v) is 4.54. The number of aromatic amines is 2. The Bertz CT molecular complexity index is 1880. The van der Waals surface area contributed by atoms with Crippen LogP contribution >= 0.6 is 0 Å². The summed E-state index contributed by atoms with van der Waals surface area (Å²) in [6, 6.07) is 24.0. The number of hydrogen-bond donors (Lipinski definition) is 2. The third-order valence-electron chi connectivity index (χ3n) is 6.44. The van der Waals surface area contributed by atoms with Crippen molar-refractivity contribution in [1.82, 2.24) is 35.1 Å². The van der Waals surface area contributed by atoms with Crippen LogP contribution in [-0.4, -0.2) is 35.1 Å². The van der Waals surface area contributed by atoms with Gasteiger partial charge in [-0.3, -0.25) is 20.1 Å². The molecule has 0 bridgehead atoms. The number of hydrogen-bond acceptors (Lipinski definition) is 6. The zero-order chi connectivity index (χ0) is 25.3. The largest absolute Gasteiger partial charge is 0.487 e. The molecule has 0 aliphatic carbocycles. The predicted octanol–water partition coefficient (Wildman–Crippen LogP) is 6.20. The predicted molar refractivity (Wildman–Crippen MR) is 146 cm³/mol. The molecule has 0 amide bonds. The van der Waals surface area contributed by atoms with Gasteiger partial charge in [0, 0.05) is 41.3 Å². The van der Waals surface area contributed by atoms with Gasteiger partial charge >= 0.3 is 0 Å². The Labute approximate surface area is 217 Å². The lowest BCUT2D eigenvalue weighted by atomic mass is 10.0. The van der Waals surface area contributed by atoms with Gasteiger partial charge in [0.15, 0.2) is 5.82 Å². The maximum absolute atomic E-state index is 6.00. The zero-order valence-electron chi connectivity index (χ0n) is 20.2. The second kappa shape index (κ2) is 9.25. The van der Waals surface area contributed by atoms with Crippen molar-refractivity contribution >= 4 is 21.9 Å². The lowest BCUT2D eigenvalue weighted by Gasteiger charge is -2.08.